The Labute approximate surface area is 124 Å². The van der Waals surface area contributed by atoms with Crippen LogP contribution in [0.25, 0.3) is 10.9 Å². The van der Waals surface area contributed by atoms with Crippen molar-refractivity contribution < 1.29 is 24.1 Å². The summed E-state index contributed by atoms with van der Waals surface area (Å²) >= 11 is 0. The van der Waals surface area contributed by atoms with Crippen LogP contribution in [0.5, 0.6) is 23.0 Å². The van der Waals surface area contributed by atoms with Crippen LogP contribution in [0.2, 0.25) is 0 Å². The van der Waals surface area contributed by atoms with Crippen LogP contribution in [0.4, 0.5) is 0 Å². The highest BCUT2D eigenvalue weighted by molar-refractivity contribution is 5.94. The standard InChI is InChI=1S/C16H11NO5/c18-16(19)13-6-9-5-10(1-3-12(9)17-13)22-11-2-4-14-15(7-11)21-8-20-14/h1-7,17H,8H2,(H,18,19). The lowest BCUT2D eigenvalue weighted by atomic mass is 10.2. The summed E-state index contributed by atoms with van der Waals surface area (Å²) in [5, 5.41) is 9.77. The minimum atomic E-state index is -0.991. The summed E-state index contributed by atoms with van der Waals surface area (Å²) in [5.41, 5.74) is 0.894. The van der Waals surface area contributed by atoms with Crippen molar-refractivity contribution >= 4 is 16.9 Å². The molecule has 6 nitrogen and oxygen atoms in total. The molecular weight excluding hydrogens is 286 g/mol. The second-order valence-electron chi connectivity index (χ2n) is 4.85. The first-order valence-electron chi connectivity index (χ1n) is 6.62. The average Bonchev–Trinajstić information content (AvgIpc) is 3.12. The molecule has 6 heteroatoms. The van der Waals surface area contributed by atoms with E-state index in [0.717, 1.165) is 10.9 Å². The molecular formula is C16H11NO5. The SMILES string of the molecule is O=C(O)c1cc2cc(Oc3ccc4c(c3)OCO4)ccc2[nH]1. The van der Waals surface area contributed by atoms with Gasteiger partial charge in [0.05, 0.1) is 0 Å². The average molecular weight is 297 g/mol. The van der Waals surface area contributed by atoms with E-state index < -0.39 is 5.97 Å². The van der Waals surface area contributed by atoms with Crippen molar-refractivity contribution in [2.75, 3.05) is 6.79 Å². The van der Waals surface area contributed by atoms with Gasteiger partial charge in [-0.15, -0.1) is 0 Å². The molecule has 0 bridgehead atoms. The number of carboxylic acids is 1. The van der Waals surface area contributed by atoms with Crippen LogP contribution >= 0.6 is 0 Å². The highest BCUT2D eigenvalue weighted by atomic mass is 16.7. The maximum Gasteiger partial charge on any atom is 0.352 e. The summed E-state index contributed by atoms with van der Waals surface area (Å²) in [6, 6.07) is 12.2. The summed E-state index contributed by atoms with van der Waals surface area (Å²) in [5.74, 6) is 1.59. The summed E-state index contributed by atoms with van der Waals surface area (Å²) < 4.78 is 16.3. The van der Waals surface area contributed by atoms with Crippen LogP contribution in [0, 0.1) is 0 Å². The largest absolute Gasteiger partial charge is 0.477 e. The lowest BCUT2D eigenvalue weighted by Gasteiger charge is -2.06. The van der Waals surface area contributed by atoms with E-state index in [9.17, 15) is 4.79 Å². The number of carbonyl (C=O) groups is 1. The molecule has 1 aromatic heterocycles. The fourth-order valence-corrected chi connectivity index (χ4v) is 2.37. The molecule has 0 radical (unpaired) electrons. The molecule has 0 unspecified atom stereocenters. The number of carboxylic acid groups (broad SMARTS) is 1. The fraction of sp³-hybridized carbons (Fsp3) is 0.0625. The zero-order valence-corrected chi connectivity index (χ0v) is 11.3. The second-order valence-corrected chi connectivity index (χ2v) is 4.85. The number of fused-ring (bicyclic) bond motifs is 2. The fourth-order valence-electron chi connectivity index (χ4n) is 2.37. The van der Waals surface area contributed by atoms with Gasteiger partial charge in [-0.05, 0) is 36.4 Å². The van der Waals surface area contributed by atoms with Gasteiger partial charge in [0.1, 0.15) is 17.2 Å². The van der Waals surface area contributed by atoms with Crippen LogP contribution in [-0.2, 0) is 0 Å². The first-order valence-corrected chi connectivity index (χ1v) is 6.62. The van der Waals surface area contributed by atoms with E-state index in [0.29, 0.717) is 23.0 Å². The predicted octanol–water partition coefficient (Wildman–Crippen LogP) is 3.39. The maximum absolute atomic E-state index is 11.0. The van der Waals surface area contributed by atoms with Gasteiger partial charge < -0.3 is 24.3 Å². The Morgan fingerprint density at radius 3 is 2.68 bits per heavy atom. The van der Waals surface area contributed by atoms with E-state index in [-0.39, 0.29) is 12.5 Å². The van der Waals surface area contributed by atoms with Gasteiger partial charge >= 0.3 is 5.97 Å². The smallest absolute Gasteiger partial charge is 0.352 e. The van der Waals surface area contributed by atoms with Crippen molar-refractivity contribution in [2.24, 2.45) is 0 Å². The van der Waals surface area contributed by atoms with Gasteiger partial charge in [0, 0.05) is 17.0 Å². The van der Waals surface area contributed by atoms with E-state index in [1.807, 2.05) is 0 Å². The van der Waals surface area contributed by atoms with Crippen molar-refractivity contribution in [1.82, 2.24) is 4.98 Å². The summed E-state index contributed by atoms with van der Waals surface area (Å²) in [4.78, 5) is 13.8. The number of aromatic nitrogens is 1. The molecule has 3 aromatic rings. The lowest BCUT2D eigenvalue weighted by Crippen LogP contribution is -1.94. The number of nitrogens with one attached hydrogen (secondary N) is 1. The van der Waals surface area contributed by atoms with Crippen molar-refractivity contribution in [3.05, 3.63) is 48.2 Å². The monoisotopic (exact) mass is 297 g/mol. The highest BCUT2D eigenvalue weighted by Gasteiger charge is 2.14. The van der Waals surface area contributed by atoms with E-state index >= 15 is 0 Å². The molecule has 1 aliphatic heterocycles. The molecule has 0 saturated carbocycles. The number of H-pyrrole nitrogens is 1. The van der Waals surface area contributed by atoms with Crippen molar-refractivity contribution in [3.8, 4) is 23.0 Å². The van der Waals surface area contributed by atoms with E-state index in [1.54, 1.807) is 42.5 Å². The summed E-state index contributed by atoms with van der Waals surface area (Å²) in [6.45, 7) is 0.214. The van der Waals surface area contributed by atoms with Gasteiger partial charge in [-0.2, -0.15) is 0 Å². The van der Waals surface area contributed by atoms with Crippen molar-refractivity contribution in [1.29, 1.82) is 0 Å². The zero-order valence-electron chi connectivity index (χ0n) is 11.3. The Morgan fingerprint density at radius 1 is 1.05 bits per heavy atom. The molecule has 0 atom stereocenters. The Hall–Kier alpha value is -3.15. The van der Waals surface area contributed by atoms with Crippen LogP contribution in [0.3, 0.4) is 0 Å². The molecule has 0 aliphatic carbocycles. The first-order chi connectivity index (χ1) is 10.7. The third-order valence-electron chi connectivity index (χ3n) is 3.40. The quantitative estimate of drug-likeness (QED) is 0.774. The number of aromatic carboxylic acids is 1. The van der Waals surface area contributed by atoms with E-state index in [1.165, 1.54) is 0 Å². The molecule has 2 aromatic carbocycles. The Kier molecular flexibility index (Phi) is 2.69. The first kappa shape index (κ1) is 12.6. The van der Waals surface area contributed by atoms with E-state index in [4.69, 9.17) is 19.3 Å². The number of rotatable bonds is 3. The molecule has 2 heterocycles. The van der Waals surface area contributed by atoms with Gasteiger partial charge in [-0.3, -0.25) is 0 Å². The minimum Gasteiger partial charge on any atom is -0.477 e. The number of benzene rings is 2. The highest BCUT2D eigenvalue weighted by Crippen LogP contribution is 2.36. The second kappa shape index (κ2) is 4.70. The molecule has 4 rings (SSSR count). The predicted molar refractivity (Wildman–Crippen MR) is 77.9 cm³/mol. The van der Waals surface area contributed by atoms with Crippen LogP contribution in [0.15, 0.2) is 42.5 Å². The number of ether oxygens (including phenoxy) is 3. The Morgan fingerprint density at radius 2 is 1.82 bits per heavy atom. The van der Waals surface area contributed by atoms with Gasteiger partial charge in [0.15, 0.2) is 11.5 Å². The summed E-state index contributed by atoms with van der Waals surface area (Å²) in [6.07, 6.45) is 0. The Bertz CT molecular complexity index is 883. The van der Waals surface area contributed by atoms with Gasteiger partial charge in [-0.25, -0.2) is 4.79 Å². The third kappa shape index (κ3) is 2.10. The lowest BCUT2D eigenvalue weighted by molar-refractivity contribution is 0.0691. The van der Waals surface area contributed by atoms with Gasteiger partial charge in [-0.1, -0.05) is 0 Å². The number of hydrogen-bond donors (Lipinski definition) is 2. The normalized spacial score (nSPS) is 12.5. The molecule has 0 amide bonds. The number of aromatic amines is 1. The Balaban J connectivity index is 1.65. The molecule has 1 aliphatic rings. The van der Waals surface area contributed by atoms with Crippen LogP contribution in [-0.4, -0.2) is 22.9 Å². The minimum absolute atomic E-state index is 0.148. The van der Waals surface area contributed by atoms with Gasteiger partial charge in [0.2, 0.25) is 6.79 Å². The maximum atomic E-state index is 11.0. The number of hydrogen-bond acceptors (Lipinski definition) is 4. The molecule has 22 heavy (non-hydrogen) atoms. The molecule has 0 spiro atoms. The van der Waals surface area contributed by atoms with Crippen LogP contribution in [0.1, 0.15) is 10.5 Å². The molecule has 110 valence electrons. The van der Waals surface area contributed by atoms with Crippen molar-refractivity contribution in [3.63, 3.8) is 0 Å². The summed E-state index contributed by atoms with van der Waals surface area (Å²) in [7, 11) is 0. The topological polar surface area (TPSA) is 80.8 Å². The van der Waals surface area contributed by atoms with Gasteiger partial charge in [0.25, 0.3) is 0 Å². The van der Waals surface area contributed by atoms with Crippen LogP contribution < -0.4 is 14.2 Å². The van der Waals surface area contributed by atoms with Crippen molar-refractivity contribution in [2.45, 2.75) is 0 Å². The molecule has 0 saturated heterocycles. The third-order valence-corrected chi connectivity index (χ3v) is 3.40. The van der Waals surface area contributed by atoms with E-state index in [2.05, 4.69) is 4.98 Å². The molecule has 0 fully saturated rings. The zero-order chi connectivity index (χ0) is 15.1. The molecule has 2 N–H and O–H groups in total.